The van der Waals surface area contributed by atoms with Crippen molar-refractivity contribution < 1.29 is 4.74 Å². The van der Waals surface area contributed by atoms with Gasteiger partial charge in [0.25, 0.3) is 0 Å². The van der Waals surface area contributed by atoms with Crippen molar-refractivity contribution >= 4 is 29.9 Å². The van der Waals surface area contributed by atoms with Gasteiger partial charge in [-0.05, 0) is 26.2 Å². The first-order chi connectivity index (χ1) is 7.61. The van der Waals surface area contributed by atoms with Gasteiger partial charge in [0.2, 0.25) is 0 Å². The van der Waals surface area contributed by atoms with Gasteiger partial charge in [0, 0.05) is 32.8 Å². The highest BCUT2D eigenvalue weighted by atomic mass is 127. The number of halogens is 1. The highest BCUT2D eigenvalue weighted by Crippen LogP contribution is 1.94. The third-order valence-electron chi connectivity index (χ3n) is 2.26. The van der Waals surface area contributed by atoms with Gasteiger partial charge in [-0.15, -0.1) is 24.0 Å². The van der Waals surface area contributed by atoms with Crippen LogP contribution < -0.4 is 5.73 Å². The lowest BCUT2D eigenvalue weighted by Crippen LogP contribution is -2.37. The molecule has 17 heavy (non-hydrogen) atoms. The van der Waals surface area contributed by atoms with E-state index in [1.54, 1.807) is 0 Å². The average molecular weight is 357 g/mol. The molecule has 0 aliphatic heterocycles. The highest BCUT2D eigenvalue weighted by molar-refractivity contribution is 14.0. The Morgan fingerprint density at radius 3 is 2.35 bits per heavy atom. The lowest BCUT2D eigenvalue weighted by atomic mass is 10.2. The van der Waals surface area contributed by atoms with Crippen molar-refractivity contribution in [3.63, 3.8) is 0 Å². The summed E-state index contributed by atoms with van der Waals surface area (Å²) in [6.45, 7) is 12.6. The Labute approximate surface area is 123 Å². The summed E-state index contributed by atoms with van der Waals surface area (Å²) in [7, 11) is 0. The molecule has 0 spiro atoms. The number of aliphatic imine (C=N–C) groups is 1. The van der Waals surface area contributed by atoms with Crippen LogP contribution in [0.15, 0.2) is 4.99 Å². The van der Waals surface area contributed by atoms with Gasteiger partial charge in [0.15, 0.2) is 5.96 Å². The maximum Gasteiger partial charge on any atom is 0.191 e. The fourth-order valence-electron chi connectivity index (χ4n) is 1.33. The molecule has 0 unspecified atom stereocenters. The molecule has 0 fully saturated rings. The van der Waals surface area contributed by atoms with Gasteiger partial charge >= 0.3 is 0 Å². The zero-order valence-corrected chi connectivity index (χ0v) is 13.9. The largest absolute Gasteiger partial charge is 0.381 e. The molecule has 0 aromatic heterocycles. The van der Waals surface area contributed by atoms with E-state index in [0.717, 1.165) is 39.3 Å². The van der Waals surface area contributed by atoms with E-state index in [1.807, 2.05) is 0 Å². The zero-order chi connectivity index (χ0) is 12.4. The van der Waals surface area contributed by atoms with Crippen molar-refractivity contribution in [2.45, 2.75) is 34.1 Å². The Balaban J connectivity index is 0. The van der Waals surface area contributed by atoms with Gasteiger partial charge in [0.05, 0.1) is 0 Å². The van der Waals surface area contributed by atoms with E-state index in [4.69, 9.17) is 10.5 Å². The van der Waals surface area contributed by atoms with Crippen LogP contribution in [-0.4, -0.2) is 43.7 Å². The van der Waals surface area contributed by atoms with E-state index in [2.05, 4.69) is 37.6 Å². The molecular weight excluding hydrogens is 329 g/mol. The summed E-state index contributed by atoms with van der Waals surface area (Å²) < 4.78 is 5.47. The Kier molecular flexibility index (Phi) is 14.1. The second kappa shape index (κ2) is 12.4. The molecule has 4 nitrogen and oxygen atoms in total. The normalized spacial score (nSPS) is 11.5. The molecule has 0 saturated heterocycles. The van der Waals surface area contributed by atoms with Crippen molar-refractivity contribution in [1.29, 1.82) is 0 Å². The SMILES string of the molecule is CCN(CC)C(N)=NCCCOCC(C)C.I. The van der Waals surface area contributed by atoms with Crippen molar-refractivity contribution in [3.8, 4) is 0 Å². The summed E-state index contributed by atoms with van der Waals surface area (Å²) in [5.41, 5.74) is 5.84. The van der Waals surface area contributed by atoms with Crippen LogP contribution in [0.1, 0.15) is 34.1 Å². The van der Waals surface area contributed by atoms with E-state index >= 15 is 0 Å². The second-order valence-electron chi connectivity index (χ2n) is 4.23. The average Bonchev–Trinajstić information content (AvgIpc) is 2.24. The molecule has 0 atom stereocenters. The maximum absolute atomic E-state index is 5.84. The summed E-state index contributed by atoms with van der Waals surface area (Å²) in [6.07, 6.45) is 0.939. The summed E-state index contributed by atoms with van der Waals surface area (Å²) in [4.78, 5) is 6.37. The topological polar surface area (TPSA) is 50.8 Å². The van der Waals surface area contributed by atoms with Crippen LogP contribution in [0, 0.1) is 5.92 Å². The smallest absolute Gasteiger partial charge is 0.191 e. The first kappa shape index (κ1) is 19.3. The zero-order valence-electron chi connectivity index (χ0n) is 11.6. The quantitative estimate of drug-likeness (QED) is 0.314. The molecule has 0 aromatic carbocycles. The first-order valence-electron chi connectivity index (χ1n) is 6.24. The fraction of sp³-hybridized carbons (Fsp3) is 0.917. The molecule has 0 saturated carbocycles. The Morgan fingerprint density at radius 1 is 1.29 bits per heavy atom. The Hall–Kier alpha value is -0.0400. The second-order valence-corrected chi connectivity index (χ2v) is 4.23. The highest BCUT2D eigenvalue weighted by Gasteiger charge is 2.00. The van der Waals surface area contributed by atoms with Gasteiger partial charge in [-0.25, -0.2) is 0 Å². The van der Waals surface area contributed by atoms with Gasteiger partial charge < -0.3 is 15.4 Å². The maximum atomic E-state index is 5.84. The molecule has 2 N–H and O–H groups in total. The summed E-state index contributed by atoms with van der Waals surface area (Å²) >= 11 is 0. The van der Waals surface area contributed by atoms with Crippen LogP contribution >= 0.6 is 24.0 Å². The number of hydrogen-bond acceptors (Lipinski definition) is 2. The van der Waals surface area contributed by atoms with Crippen LogP contribution in [0.2, 0.25) is 0 Å². The molecule has 0 aliphatic carbocycles. The van der Waals surface area contributed by atoms with Crippen LogP contribution in [0.4, 0.5) is 0 Å². The van der Waals surface area contributed by atoms with E-state index in [0.29, 0.717) is 11.9 Å². The Morgan fingerprint density at radius 2 is 1.88 bits per heavy atom. The number of nitrogens with zero attached hydrogens (tertiary/aromatic N) is 2. The number of nitrogens with two attached hydrogens (primary N) is 1. The summed E-state index contributed by atoms with van der Waals surface area (Å²) in [5.74, 6) is 1.25. The molecule has 0 heterocycles. The summed E-state index contributed by atoms with van der Waals surface area (Å²) in [6, 6.07) is 0. The van der Waals surface area contributed by atoms with Gasteiger partial charge in [-0.1, -0.05) is 13.8 Å². The van der Waals surface area contributed by atoms with Crippen LogP contribution in [0.3, 0.4) is 0 Å². The predicted molar refractivity (Wildman–Crippen MR) is 85.1 cm³/mol. The minimum absolute atomic E-state index is 0. The minimum atomic E-state index is 0. The molecule has 0 amide bonds. The van der Waals surface area contributed by atoms with Gasteiger partial charge in [-0.3, -0.25) is 4.99 Å². The number of rotatable bonds is 8. The number of hydrogen-bond donors (Lipinski definition) is 1. The monoisotopic (exact) mass is 357 g/mol. The van der Waals surface area contributed by atoms with Crippen LogP contribution in [0.25, 0.3) is 0 Å². The van der Waals surface area contributed by atoms with Gasteiger partial charge in [-0.2, -0.15) is 0 Å². The van der Waals surface area contributed by atoms with Crippen molar-refractivity contribution in [2.75, 3.05) is 32.8 Å². The molecule has 0 radical (unpaired) electrons. The molecule has 0 aromatic rings. The molecule has 0 bridgehead atoms. The lowest BCUT2D eigenvalue weighted by molar-refractivity contribution is 0.109. The molecule has 104 valence electrons. The third kappa shape index (κ3) is 10.8. The molecular formula is C12H28IN3O. The summed E-state index contributed by atoms with van der Waals surface area (Å²) in [5, 5.41) is 0. The van der Waals surface area contributed by atoms with Crippen LogP contribution in [0.5, 0.6) is 0 Å². The van der Waals surface area contributed by atoms with Crippen molar-refractivity contribution in [3.05, 3.63) is 0 Å². The van der Waals surface area contributed by atoms with Gasteiger partial charge in [0.1, 0.15) is 0 Å². The van der Waals surface area contributed by atoms with E-state index in [9.17, 15) is 0 Å². The van der Waals surface area contributed by atoms with E-state index < -0.39 is 0 Å². The lowest BCUT2D eigenvalue weighted by Gasteiger charge is -2.19. The van der Waals surface area contributed by atoms with Crippen molar-refractivity contribution in [2.24, 2.45) is 16.6 Å². The molecule has 0 aliphatic rings. The fourth-order valence-corrected chi connectivity index (χ4v) is 1.33. The molecule has 0 rings (SSSR count). The Bertz CT molecular complexity index is 194. The van der Waals surface area contributed by atoms with Crippen LogP contribution in [-0.2, 0) is 4.74 Å². The number of ether oxygens (including phenoxy) is 1. The molecule has 5 heteroatoms. The standard InChI is InChI=1S/C12H27N3O.HI/c1-5-15(6-2)12(13)14-8-7-9-16-10-11(3)4;/h11H,5-10H2,1-4H3,(H2,13,14);1H. The number of guanidine groups is 1. The van der Waals surface area contributed by atoms with E-state index in [1.165, 1.54) is 0 Å². The third-order valence-corrected chi connectivity index (χ3v) is 2.26. The minimum Gasteiger partial charge on any atom is -0.381 e. The first-order valence-corrected chi connectivity index (χ1v) is 6.24. The van der Waals surface area contributed by atoms with Crippen molar-refractivity contribution in [1.82, 2.24) is 4.90 Å². The predicted octanol–water partition coefficient (Wildman–Crippen LogP) is 2.32. The van der Waals surface area contributed by atoms with E-state index in [-0.39, 0.29) is 24.0 Å².